The molecule has 0 bridgehead atoms. The van der Waals surface area contributed by atoms with E-state index in [9.17, 15) is 4.79 Å². The first-order valence-corrected chi connectivity index (χ1v) is 7.21. The van der Waals surface area contributed by atoms with Gasteiger partial charge < -0.3 is 10.4 Å². The summed E-state index contributed by atoms with van der Waals surface area (Å²) in [5, 5.41) is 11.6. The van der Waals surface area contributed by atoms with Gasteiger partial charge in [-0.25, -0.2) is 0 Å². The molecule has 1 unspecified atom stereocenters. The van der Waals surface area contributed by atoms with Crippen LogP contribution in [0.3, 0.4) is 0 Å². The van der Waals surface area contributed by atoms with Crippen molar-refractivity contribution in [2.75, 3.05) is 11.9 Å². The summed E-state index contributed by atoms with van der Waals surface area (Å²) in [5.74, 6) is 5.60. The van der Waals surface area contributed by atoms with Crippen molar-refractivity contribution in [1.82, 2.24) is 0 Å². The van der Waals surface area contributed by atoms with Crippen LogP contribution in [0.4, 0.5) is 5.69 Å². The van der Waals surface area contributed by atoms with Crippen LogP contribution in [0.5, 0.6) is 0 Å². The molecule has 0 spiro atoms. The SMILES string of the molecule is CCCCC(CC)C(=O)Nc1ccc(C#CCO)cc1. The molecule has 1 atom stereocenters. The van der Waals surface area contributed by atoms with Crippen LogP contribution in [0, 0.1) is 17.8 Å². The van der Waals surface area contributed by atoms with Crippen molar-refractivity contribution in [3.05, 3.63) is 29.8 Å². The average molecular weight is 273 g/mol. The number of amides is 1. The number of unbranched alkanes of at least 4 members (excludes halogenated alkanes) is 1. The van der Waals surface area contributed by atoms with E-state index in [0.29, 0.717) is 0 Å². The highest BCUT2D eigenvalue weighted by molar-refractivity contribution is 5.92. The zero-order valence-electron chi connectivity index (χ0n) is 12.3. The summed E-state index contributed by atoms with van der Waals surface area (Å²) in [6.45, 7) is 4.04. The van der Waals surface area contributed by atoms with Crippen molar-refractivity contribution in [3.63, 3.8) is 0 Å². The number of hydrogen-bond acceptors (Lipinski definition) is 2. The highest BCUT2D eigenvalue weighted by Crippen LogP contribution is 2.16. The van der Waals surface area contributed by atoms with Crippen molar-refractivity contribution in [1.29, 1.82) is 0 Å². The molecule has 0 fully saturated rings. The van der Waals surface area contributed by atoms with E-state index in [0.717, 1.165) is 36.9 Å². The Morgan fingerprint density at radius 1 is 1.30 bits per heavy atom. The molecule has 3 heteroatoms. The highest BCUT2D eigenvalue weighted by Gasteiger charge is 2.15. The molecular formula is C17H23NO2. The predicted octanol–water partition coefficient (Wildman–Crippen LogP) is 3.19. The fourth-order valence-electron chi connectivity index (χ4n) is 1.99. The molecule has 0 aromatic heterocycles. The van der Waals surface area contributed by atoms with Crippen LogP contribution < -0.4 is 5.32 Å². The van der Waals surface area contributed by atoms with Gasteiger partial charge in [0.2, 0.25) is 5.91 Å². The maximum atomic E-state index is 12.1. The fourth-order valence-corrected chi connectivity index (χ4v) is 1.99. The van der Waals surface area contributed by atoms with Gasteiger partial charge in [-0.3, -0.25) is 4.79 Å². The van der Waals surface area contributed by atoms with E-state index in [1.165, 1.54) is 0 Å². The third-order valence-electron chi connectivity index (χ3n) is 3.23. The maximum absolute atomic E-state index is 12.1. The van der Waals surface area contributed by atoms with Gasteiger partial charge in [0.25, 0.3) is 0 Å². The van der Waals surface area contributed by atoms with Crippen LogP contribution >= 0.6 is 0 Å². The Morgan fingerprint density at radius 3 is 2.55 bits per heavy atom. The number of carbonyl (C=O) groups is 1. The van der Waals surface area contributed by atoms with Crippen molar-refractivity contribution in [2.45, 2.75) is 39.5 Å². The van der Waals surface area contributed by atoms with Crippen LogP contribution in [0.2, 0.25) is 0 Å². The van der Waals surface area contributed by atoms with Gasteiger partial charge in [0.05, 0.1) is 0 Å². The lowest BCUT2D eigenvalue weighted by Crippen LogP contribution is -2.22. The summed E-state index contributed by atoms with van der Waals surface area (Å²) in [5.41, 5.74) is 1.62. The van der Waals surface area contributed by atoms with Gasteiger partial charge >= 0.3 is 0 Å². The maximum Gasteiger partial charge on any atom is 0.227 e. The summed E-state index contributed by atoms with van der Waals surface area (Å²) >= 11 is 0. The molecule has 1 aromatic rings. The Bertz CT molecular complexity index is 468. The molecule has 2 N–H and O–H groups in total. The molecular weight excluding hydrogens is 250 g/mol. The van der Waals surface area contributed by atoms with Gasteiger partial charge in [0, 0.05) is 17.2 Å². The van der Waals surface area contributed by atoms with Crippen LogP contribution in [0.25, 0.3) is 0 Å². The molecule has 3 nitrogen and oxygen atoms in total. The van der Waals surface area contributed by atoms with E-state index in [1.807, 2.05) is 31.2 Å². The lowest BCUT2D eigenvalue weighted by molar-refractivity contribution is -0.120. The van der Waals surface area contributed by atoms with Crippen LogP contribution in [0.15, 0.2) is 24.3 Å². The van der Waals surface area contributed by atoms with Crippen molar-refractivity contribution in [2.24, 2.45) is 5.92 Å². The van der Waals surface area contributed by atoms with Crippen LogP contribution in [-0.4, -0.2) is 17.6 Å². The van der Waals surface area contributed by atoms with E-state index in [1.54, 1.807) is 0 Å². The molecule has 0 aliphatic rings. The molecule has 1 rings (SSSR count). The van der Waals surface area contributed by atoms with E-state index < -0.39 is 0 Å². The second-order valence-electron chi connectivity index (χ2n) is 4.77. The third-order valence-corrected chi connectivity index (χ3v) is 3.23. The molecule has 0 radical (unpaired) electrons. The van der Waals surface area contributed by atoms with Crippen LogP contribution in [-0.2, 0) is 4.79 Å². The molecule has 0 heterocycles. The molecule has 1 amide bonds. The summed E-state index contributed by atoms with van der Waals surface area (Å²) in [6.07, 6.45) is 4.01. The monoisotopic (exact) mass is 273 g/mol. The lowest BCUT2D eigenvalue weighted by atomic mass is 9.98. The van der Waals surface area contributed by atoms with E-state index in [-0.39, 0.29) is 18.4 Å². The Kier molecular flexibility index (Phi) is 7.46. The third kappa shape index (κ3) is 5.46. The second-order valence-corrected chi connectivity index (χ2v) is 4.77. The number of aliphatic hydroxyl groups excluding tert-OH is 1. The minimum atomic E-state index is -0.145. The summed E-state index contributed by atoms with van der Waals surface area (Å²) in [6, 6.07) is 7.36. The highest BCUT2D eigenvalue weighted by atomic mass is 16.2. The Balaban J connectivity index is 2.60. The zero-order chi connectivity index (χ0) is 14.8. The Hall–Kier alpha value is -1.79. The first-order valence-electron chi connectivity index (χ1n) is 7.21. The minimum absolute atomic E-state index is 0.0869. The van der Waals surface area contributed by atoms with Gasteiger partial charge in [-0.1, -0.05) is 38.5 Å². The first kappa shape index (κ1) is 16.3. The molecule has 108 valence electrons. The number of nitrogens with one attached hydrogen (secondary N) is 1. The standard InChI is InChI=1S/C17H23NO2/c1-3-5-8-15(4-2)17(20)18-16-11-9-14(10-12-16)7-6-13-19/h9-12,15,19H,3-5,8,13H2,1-2H3,(H,18,20). The molecule has 0 saturated heterocycles. The molecule has 0 aliphatic heterocycles. The number of anilines is 1. The molecule has 1 aromatic carbocycles. The zero-order valence-corrected chi connectivity index (χ0v) is 12.3. The molecule has 0 aliphatic carbocycles. The Morgan fingerprint density at radius 2 is 2.00 bits per heavy atom. The van der Waals surface area contributed by atoms with E-state index in [4.69, 9.17) is 5.11 Å². The average Bonchev–Trinajstić information content (AvgIpc) is 2.47. The topological polar surface area (TPSA) is 49.3 Å². The summed E-state index contributed by atoms with van der Waals surface area (Å²) in [4.78, 5) is 12.1. The summed E-state index contributed by atoms with van der Waals surface area (Å²) in [7, 11) is 0. The fraction of sp³-hybridized carbons (Fsp3) is 0.471. The number of hydrogen-bond donors (Lipinski definition) is 2. The lowest BCUT2D eigenvalue weighted by Gasteiger charge is -2.14. The van der Waals surface area contributed by atoms with Gasteiger partial charge in [0.15, 0.2) is 0 Å². The molecule has 20 heavy (non-hydrogen) atoms. The van der Waals surface area contributed by atoms with Gasteiger partial charge in [-0.05, 0) is 37.1 Å². The van der Waals surface area contributed by atoms with Crippen molar-refractivity contribution in [3.8, 4) is 11.8 Å². The van der Waals surface area contributed by atoms with E-state index >= 15 is 0 Å². The number of rotatable bonds is 6. The van der Waals surface area contributed by atoms with Gasteiger partial charge in [-0.15, -0.1) is 0 Å². The predicted molar refractivity (Wildman–Crippen MR) is 82.3 cm³/mol. The van der Waals surface area contributed by atoms with Gasteiger partial charge in [-0.2, -0.15) is 0 Å². The van der Waals surface area contributed by atoms with Crippen molar-refractivity contribution < 1.29 is 9.90 Å². The number of aliphatic hydroxyl groups is 1. The first-order chi connectivity index (χ1) is 9.71. The Labute approximate surface area is 121 Å². The van der Waals surface area contributed by atoms with E-state index in [2.05, 4.69) is 24.1 Å². The van der Waals surface area contributed by atoms with Crippen LogP contribution in [0.1, 0.15) is 45.1 Å². The summed E-state index contributed by atoms with van der Waals surface area (Å²) < 4.78 is 0. The second kappa shape index (κ2) is 9.17. The minimum Gasteiger partial charge on any atom is -0.384 e. The van der Waals surface area contributed by atoms with Gasteiger partial charge in [0.1, 0.15) is 6.61 Å². The number of benzene rings is 1. The van der Waals surface area contributed by atoms with Crippen molar-refractivity contribution >= 4 is 11.6 Å². The quantitative estimate of drug-likeness (QED) is 0.782. The normalized spacial score (nSPS) is 11.3. The number of carbonyl (C=O) groups excluding carboxylic acids is 1. The molecule has 0 saturated carbocycles. The largest absolute Gasteiger partial charge is 0.384 e. The smallest absolute Gasteiger partial charge is 0.227 e.